The zero-order valence-corrected chi connectivity index (χ0v) is 22.8. The van der Waals surface area contributed by atoms with Gasteiger partial charge in [-0.15, -0.1) is 0 Å². The summed E-state index contributed by atoms with van der Waals surface area (Å²) in [5, 5.41) is 2.79. The molecule has 1 aliphatic heterocycles. The van der Waals surface area contributed by atoms with E-state index in [2.05, 4.69) is 32.0 Å². The van der Waals surface area contributed by atoms with Crippen molar-refractivity contribution >= 4 is 29.3 Å². The SMILES string of the molecule is COC/C=C/C=O.COc1ccnc(NC(=O)c2ccc(-c3nc(C4CCCN4C)n4ccnc(N)c34)cc2)c1. The Balaban J connectivity index is 0.000000470. The van der Waals surface area contributed by atoms with Crippen LogP contribution in [0, 0.1) is 0 Å². The first-order valence-electron chi connectivity index (χ1n) is 12.8. The van der Waals surface area contributed by atoms with Gasteiger partial charge >= 0.3 is 0 Å². The molecule has 1 saturated heterocycles. The Kier molecular flexibility index (Phi) is 9.55. The fourth-order valence-electron chi connectivity index (χ4n) is 4.54. The third-order valence-corrected chi connectivity index (χ3v) is 6.54. The molecule has 3 aromatic heterocycles. The summed E-state index contributed by atoms with van der Waals surface area (Å²) in [5.41, 5.74) is 9.18. The largest absolute Gasteiger partial charge is 0.497 e. The summed E-state index contributed by atoms with van der Waals surface area (Å²) in [7, 11) is 5.26. The van der Waals surface area contributed by atoms with Crippen molar-refractivity contribution in [2.45, 2.75) is 18.9 Å². The Morgan fingerprint density at radius 1 is 1.18 bits per heavy atom. The van der Waals surface area contributed by atoms with E-state index in [1.807, 2.05) is 22.7 Å². The van der Waals surface area contributed by atoms with Crippen LogP contribution in [0.1, 0.15) is 35.1 Å². The van der Waals surface area contributed by atoms with E-state index in [1.54, 1.807) is 57.0 Å². The first-order chi connectivity index (χ1) is 19.5. The second kappa shape index (κ2) is 13.5. The van der Waals surface area contributed by atoms with Crippen molar-refractivity contribution in [2.24, 2.45) is 0 Å². The van der Waals surface area contributed by atoms with Gasteiger partial charge in [0.25, 0.3) is 5.91 Å². The smallest absolute Gasteiger partial charge is 0.256 e. The van der Waals surface area contributed by atoms with E-state index in [9.17, 15) is 9.59 Å². The Bertz CT molecular complexity index is 1480. The Hall–Kier alpha value is -4.61. The average Bonchev–Trinajstić information content (AvgIpc) is 3.58. The molecule has 1 fully saturated rings. The number of hydrogen-bond donors (Lipinski definition) is 2. The van der Waals surface area contributed by atoms with Crippen molar-refractivity contribution in [1.82, 2.24) is 24.3 Å². The highest BCUT2D eigenvalue weighted by Crippen LogP contribution is 2.35. The minimum absolute atomic E-state index is 0.230. The van der Waals surface area contributed by atoms with Gasteiger partial charge in [-0.2, -0.15) is 0 Å². The van der Waals surface area contributed by atoms with Crippen LogP contribution in [0.25, 0.3) is 16.8 Å². The lowest BCUT2D eigenvalue weighted by Crippen LogP contribution is -2.19. The third-order valence-electron chi connectivity index (χ3n) is 6.54. The first kappa shape index (κ1) is 28.4. The number of aromatic nitrogens is 4. The van der Waals surface area contributed by atoms with Gasteiger partial charge in [0.05, 0.1) is 19.8 Å². The van der Waals surface area contributed by atoms with Gasteiger partial charge in [0.2, 0.25) is 0 Å². The number of imidazole rings is 1. The number of benzene rings is 1. The number of aldehydes is 1. The van der Waals surface area contributed by atoms with Gasteiger partial charge in [0.1, 0.15) is 40.7 Å². The van der Waals surface area contributed by atoms with E-state index in [4.69, 9.17) is 15.5 Å². The van der Waals surface area contributed by atoms with Crippen LogP contribution in [0.4, 0.5) is 11.6 Å². The molecular weight excluding hydrogens is 510 g/mol. The quantitative estimate of drug-likeness (QED) is 0.251. The topological polar surface area (TPSA) is 137 Å². The second-order valence-electron chi connectivity index (χ2n) is 9.12. The standard InChI is InChI=1S/C24H25N7O2.C5H8O2/c1-30-12-3-4-18(30)23-29-20(21-22(25)27-11-13-31(21)23)15-5-7-16(8-6-15)24(32)28-19-14-17(33-2)9-10-26-19;1-7-5-3-2-4-6/h5-11,13-14,18H,3-4,12H2,1-2H3,(H2,25,27)(H,26,28,32);2-4H,5H2,1H3/b;3-2+. The summed E-state index contributed by atoms with van der Waals surface area (Å²) in [6, 6.07) is 10.9. The number of nitrogens with one attached hydrogen (secondary N) is 1. The molecule has 208 valence electrons. The van der Waals surface area contributed by atoms with E-state index in [0.29, 0.717) is 29.6 Å². The van der Waals surface area contributed by atoms with E-state index in [0.717, 1.165) is 48.3 Å². The molecule has 11 heteroatoms. The number of pyridine rings is 1. The molecule has 1 atom stereocenters. The lowest BCUT2D eigenvalue weighted by molar-refractivity contribution is -0.104. The van der Waals surface area contributed by atoms with Crippen LogP contribution in [0.5, 0.6) is 5.75 Å². The van der Waals surface area contributed by atoms with E-state index in [-0.39, 0.29) is 11.9 Å². The molecule has 1 aliphatic rings. The van der Waals surface area contributed by atoms with Crippen LogP contribution in [0.2, 0.25) is 0 Å². The molecular formula is C29H33N7O4. The molecule has 0 saturated carbocycles. The lowest BCUT2D eigenvalue weighted by Gasteiger charge is -2.18. The highest BCUT2D eigenvalue weighted by Gasteiger charge is 2.28. The number of carbonyl (C=O) groups is 2. The maximum Gasteiger partial charge on any atom is 0.256 e. The Morgan fingerprint density at radius 2 is 1.98 bits per heavy atom. The number of ether oxygens (including phenoxy) is 2. The predicted molar refractivity (Wildman–Crippen MR) is 153 cm³/mol. The van der Waals surface area contributed by atoms with Gasteiger partial charge in [0.15, 0.2) is 0 Å². The van der Waals surface area contributed by atoms with Crippen LogP contribution in [-0.4, -0.2) is 70.9 Å². The van der Waals surface area contributed by atoms with Crippen LogP contribution >= 0.6 is 0 Å². The van der Waals surface area contributed by atoms with Gasteiger partial charge < -0.3 is 20.5 Å². The molecule has 0 bridgehead atoms. The molecule has 1 unspecified atom stereocenters. The number of nitrogens with zero attached hydrogens (tertiary/aromatic N) is 5. The van der Waals surface area contributed by atoms with Gasteiger partial charge in [0, 0.05) is 42.9 Å². The predicted octanol–water partition coefficient (Wildman–Crippen LogP) is 3.79. The minimum Gasteiger partial charge on any atom is -0.497 e. The molecule has 0 aliphatic carbocycles. The number of likely N-dealkylation sites (tertiary alicyclic amines) is 1. The second-order valence-corrected chi connectivity index (χ2v) is 9.12. The molecule has 4 heterocycles. The third kappa shape index (κ3) is 6.50. The van der Waals surface area contributed by atoms with Gasteiger partial charge in [-0.1, -0.05) is 18.2 Å². The van der Waals surface area contributed by atoms with Crippen molar-refractivity contribution in [3.05, 3.63) is 78.5 Å². The molecule has 11 nitrogen and oxygen atoms in total. The highest BCUT2D eigenvalue weighted by atomic mass is 16.5. The number of nitrogen functional groups attached to an aromatic ring is 1. The summed E-state index contributed by atoms with van der Waals surface area (Å²) in [5.74, 6) is 2.18. The number of rotatable bonds is 8. The molecule has 3 N–H and O–H groups in total. The van der Waals surface area contributed by atoms with Crippen molar-refractivity contribution in [1.29, 1.82) is 0 Å². The number of hydrogen-bond acceptors (Lipinski definition) is 9. The number of amides is 1. The average molecular weight is 544 g/mol. The summed E-state index contributed by atoms with van der Waals surface area (Å²) in [6.45, 7) is 1.56. The lowest BCUT2D eigenvalue weighted by atomic mass is 10.1. The van der Waals surface area contributed by atoms with E-state index < -0.39 is 0 Å². The van der Waals surface area contributed by atoms with Gasteiger partial charge in [-0.3, -0.25) is 18.9 Å². The fraction of sp³-hybridized carbons (Fsp3) is 0.276. The van der Waals surface area contributed by atoms with E-state index in [1.165, 1.54) is 6.08 Å². The molecule has 0 radical (unpaired) electrons. The molecule has 40 heavy (non-hydrogen) atoms. The maximum absolute atomic E-state index is 12.7. The van der Waals surface area contributed by atoms with Crippen LogP contribution in [0.15, 0.2) is 67.1 Å². The normalized spacial score (nSPS) is 15.1. The number of methoxy groups -OCH3 is 2. The number of fused-ring (bicyclic) bond motifs is 1. The summed E-state index contributed by atoms with van der Waals surface area (Å²) < 4.78 is 11.8. The van der Waals surface area contributed by atoms with Gasteiger partial charge in [-0.05, 0) is 50.7 Å². The Labute approximate surface area is 232 Å². The molecule has 1 amide bonds. The van der Waals surface area contributed by atoms with Crippen molar-refractivity contribution in [2.75, 3.05) is 45.5 Å². The molecule has 1 aromatic carbocycles. The minimum atomic E-state index is -0.258. The number of anilines is 2. The molecule has 5 rings (SSSR count). The maximum atomic E-state index is 12.7. The Morgan fingerprint density at radius 3 is 2.65 bits per heavy atom. The molecule has 4 aromatic rings. The summed E-state index contributed by atoms with van der Waals surface area (Å²) in [6.07, 6.45) is 11.2. The fourth-order valence-corrected chi connectivity index (χ4v) is 4.54. The zero-order valence-electron chi connectivity index (χ0n) is 22.8. The number of nitrogens with two attached hydrogens (primary N) is 1. The zero-order chi connectivity index (χ0) is 28.5. The summed E-state index contributed by atoms with van der Waals surface area (Å²) in [4.78, 5) is 38.0. The van der Waals surface area contributed by atoms with Crippen molar-refractivity contribution < 1.29 is 19.1 Å². The number of allylic oxidation sites excluding steroid dienone is 1. The first-order valence-corrected chi connectivity index (χ1v) is 12.8. The van der Waals surface area contributed by atoms with Crippen molar-refractivity contribution in [3.63, 3.8) is 0 Å². The van der Waals surface area contributed by atoms with Crippen LogP contribution < -0.4 is 15.8 Å². The van der Waals surface area contributed by atoms with E-state index >= 15 is 0 Å². The number of carbonyl (C=O) groups excluding carboxylic acids is 2. The summed E-state index contributed by atoms with van der Waals surface area (Å²) >= 11 is 0. The molecule has 0 spiro atoms. The van der Waals surface area contributed by atoms with Crippen molar-refractivity contribution in [3.8, 4) is 17.0 Å². The highest BCUT2D eigenvalue weighted by molar-refractivity contribution is 6.04. The van der Waals surface area contributed by atoms with Crippen LogP contribution in [-0.2, 0) is 9.53 Å². The van der Waals surface area contributed by atoms with Gasteiger partial charge in [-0.25, -0.2) is 15.0 Å². The van der Waals surface area contributed by atoms with Crippen LogP contribution in [0.3, 0.4) is 0 Å². The monoisotopic (exact) mass is 543 g/mol.